The third kappa shape index (κ3) is 5.82. The van der Waals surface area contributed by atoms with Crippen LogP contribution >= 0.6 is 11.8 Å². The lowest BCUT2D eigenvalue weighted by Gasteiger charge is -2.19. The number of benzene rings is 2. The summed E-state index contributed by atoms with van der Waals surface area (Å²) >= 11 is 0.361. The standard InChI is InChI=1S/C20H20F2N4O4S2/c1-12-3-4-14(23-19(28)16-9-10-18(27)26(2)24-16)11-17(12)32(29,30)25-13-5-7-15(8-6-13)31-20(21)22/h3-8,11,20,25H,9-10H2,1-2H3,(H,23,28). The fourth-order valence-corrected chi connectivity index (χ4v) is 4.75. The van der Waals surface area contributed by atoms with Crippen LogP contribution in [0.3, 0.4) is 0 Å². The predicted molar refractivity (Wildman–Crippen MR) is 118 cm³/mol. The van der Waals surface area contributed by atoms with Gasteiger partial charge in [-0.15, -0.1) is 0 Å². The molecule has 2 amide bonds. The Balaban J connectivity index is 1.77. The van der Waals surface area contributed by atoms with Crippen molar-refractivity contribution in [2.45, 2.75) is 35.3 Å². The number of aryl methyl sites for hydroxylation is 1. The average Bonchev–Trinajstić information content (AvgIpc) is 2.72. The summed E-state index contributed by atoms with van der Waals surface area (Å²) in [6.45, 7) is 1.61. The Kier molecular flexibility index (Phi) is 7.14. The highest BCUT2D eigenvalue weighted by atomic mass is 32.2. The van der Waals surface area contributed by atoms with Crippen LogP contribution in [0.5, 0.6) is 0 Å². The van der Waals surface area contributed by atoms with Crippen LogP contribution in [-0.2, 0) is 19.6 Å². The second-order valence-corrected chi connectivity index (χ2v) is 9.62. The lowest BCUT2D eigenvalue weighted by molar-refractivity contribution is -0.130. The van der Waals surface area contributed by atoms with Gasteiger partial charge in [-0.1, -0.05) is 17.8 Å². The molecule has 1 aliphatic heterocycles. The zero-order valence-corrected chi connectivity index (χ0v) is 18.8. The number of nitrogens with zero attached hydrogens (tertiary/aromatic N) is 2. The highest BCUT2D eigenvalue weighted by molar-refractivity contribution is 7.99. The van der Waals surface area contributed by atoms with Gasteiger partial charge in [-0.3, -0.25) is 14.3 Å². The van der Waals surface area contributed by atoms with E-state index in [0.29, 0.717) is 22.2 Å². The van der Waals surface area contributed by atoms with Crippen molar-refractivity contribution in [2.75, 3.05) is 17.1 Å². The predicted octanol–water partition coefficient (Wildman–Crippen LogP) is 3.66. The van der Waals surface area contributed by atoms with Crippen molar-refractivity contribution in [1.29, 1.82) is 0 Å². The number of thioether (sulfide) groups is 1. The second kappa shape index (κ2) is 9.65. The topological polar surface area (TPSA) is 108 Å². The zero-order chi connectivity index (χ0) is 23.5. The molecule has 0 saturated heterocycles. The van der Waals surface area contributed by atoms with Crippen molar-refractivity contribution < 1.29 is 26.8 Å². The Morgan fingerprint density at radius 3 is 2.41 bits per heavy atom. The minimum absolute atomic E-state index is 0.0563. The van der Waals surface area contributed by atoms with Crippen LogP contribution in [0.15, 0.2) is 57.4 Å². The summed E-state index contributed by atoms with van der Waals surface area (Å²) < 4.78 is 53.1. The lowest BCUT2D eigenvalue weighted by atomic mass is 10.1. The number of nitrogens with one attached hydrogen (secondary N) is 2. The molecule has 0 aliphatic carbocycles. The molecule has 0 unspecified atom stereocenters. The number of hydrazone groups is 1. The molecule has 1 aliphatic rings. The molecule has 0 bridgehead atoms. The number of alkyl halides is 2. The quantitative estimate of drug-likeness (QED) is 0.586. The van der Waals surface area contributed by atoms with Crippen molar-refractivity contribution in [3.05, 3.63) is 48.0 Å². The first-order valence-corrected chi connectivity index (χ1v) is 11.7. The van der Waals surface area contributed by atoms with Crippen molar-refractivity contribution in [2.24, 2.45) is 5.10 Å². The van der Waals surface area contributed by atoms with Crippen LogP contribution in [0.25, 0.3) is 0 Å². The first-order chi connectivity index (χ1) is 15.0. The number of amides is 2. The molecule has 170 valence electrons. The molecular formula is C20H20F2N4O4S2. The molecule has 0 saturated carbocycles. The third-order valence-electron chi connectivity index (χ3n) is 4.54. The summed E-state index contributed by atoms with van der Waals surface area (Å²) in [6, 6.07) is 9.99. The Bertz CT molecular complexity index is 1170. The van der Waals surface area contributed by atoms with Gasteiger partial charge in [0.25, 0.3) is 21.7 Å². The second-order valence-electron chi connectivity index (χ2n) is 6.91. The first kappa shape index (κ1) is 23.7. The van der Waals surface area contributed by atoms with E-state index in [2.05, 4.69) is 15.1 Å². The summed E-state index contributed by atoms with van der Waals surface area (Å²) in [4.78, 5) is 24.2. The van der Waals surface area contributed by atoms with Gasteiger partial charge in [0.05, 0.1) is 4.90 Å². The summed E-state index contributed by atoms with van der Waals surface area (Å²) in [5, 5.41) is 7.64. The normalized spacial score (nSPS) is 14.3. The molecular weight excluding hydrogens is 462 g/mol. The Morgan fingerprint density at radius 2 is 1.78 bits per heavy atom. The van der Waals surface area contributed by atoms with Crippen molar-refractivity contribution in [3.8, 4) is 0 Å². The molecule has 32 heavy (non-hydrogen) atoms. The maximum atomic E-state index is 12.9. The van der Waals surface area contributed by atoms with Crippen LogP contribution in [-0.4, -0.2) is 43.8 Å². The minimum Gasteiger partial charge on any atom is -0.321 e. The number of halogens is 2. The van der Waals surface area contributed by atoms with Crippen molar-refractivity contribution in [1.82, 2.24) is 5.01 Å². The minimum atomic E-state index is -4.02. The van der Waals surface area contributed by atoms with Crippen LogP contribution in [0.4, 0.5) is 20.2 Å². The largest absolute Gasteiger partial charge is 0.321 e. The van der Waals surface area contributed by atoms with Crippen LogP contribution in [0, 0.1) is 6.92 Å². The number of carbonyl (C=O) groups is 2. The molecule has 0 spiro atoms. The van der Waals surface area contributed by atoms with Gasteiger partial charge in [0, 0.05) is 36.2 Å². The molecule has 0 radical (unpaired) electrons. The molecule has 0 atom stereocenters. The van der Waals surface area contributed by atoms with Gasteiger partial charge in [0.15, 0.2) is 0 Å². The molecule has 12 heteroatoms. The van der Waals surface area contributed by atoms with Gasteiger partial charge >= 0.3 is 0 Å². The van der Waals surface area contributed by atoms with Gasteiger partial charge in [0.2, 0.25) is 5.91 Å². The van der Waals surface area contributed by atoms with E-state index < -0.39 is 21.7 Å². The van der Waals surface area contributed by atoms with E-state index in [9.17, 15) is 26.8 Å². The van der Waals surface area contributed by atoms with E-state index in [0.717, 1.165) is 5.01 Å². The van der Waals surface area contributed by atoms with Gasteiger partial charge in [-0.05, 0) is 48.9 Å². The van der Waals surface area contributed by atoms with Gasteiger partial charge in [-0.2, -0.15) is 13.9 Å². The van der Waals surface area contributed by atoms with E-state index in [1.54, 1.807) is 19.1 Å². The Morgan fingerprint density at radius 1 is 1.12 bits per heavy atom. The van der Waals surface area contributed by atoms with Crippen molar-refractivity contribution in [3.63, 3.8) is 0 Å². The maximum absolute atomic E-state index is 12.9. The first-order valence-electron chi connectivity index (χ1n) is 9.39. The summed E-state index contributed by atoms with van der Waals surface area (Å²) in [7, 11) is -2.56. The van der Waals surface area contributed by atoms with Gasteiger partial charge < -0.3 is 5.32 Å². The van der Waals surface area contributed by atoms with E-state index in [1.807, 2.05) is 0 Å². The lowest BCUT2D eigenvalue weighted by Crippen LogP contribution is -2.34. The van der Waals surface area contributed by atoms with Crippen LogP contribution in [0.2, 0.25) is 0 Å². The third-order valence-corrected chi connectivity index (χ3v) is 6.78. The molecule has 1 heterocycles. The smallest absolute Gasteiger partial charge is 0.288 e. The van der Waals surface area contributed by atoms with E-state index >= 15 is 0 Å². The summed E-state index contributed by atoms with van der Waals surface area (Å²) in [5.41, 5.74) is 1.06. The van der Waals surface area contributed by atoms with E-state index in [-0.39, 0.29) is 40.7 Å². The summed E-state index contributed by atoms with van der Waals surface area (Å²) in [5.74, 6) is -3.30. The number of sulfonamides is 1. The molecule has 2 aromatic carbocycles. The number of carbonyl (C=O) groups excluding carboxylic acids is 2. The Hall–Kier alpha value is -2.99. The van der Waals surface area contributed by atoms with Gasteiger partial charge in [0.1, 0.15) is 5.71 Å². The van der Waals surface area contributed by atoms with Crippen LogP contribution in [0.1, 0.15) is 18.4 Å². The number of hydrogen-bond donors (Lipinski definition) is 2. The molecule has 3 rings (SSSR count). The van der Waals surface area contributed by atoms with Crippen LogP contribution < -0.4 is 10.0 Å². The number of anilines is 2. The van der Waals surface area contributed by atoms with Crippen molar-refractivity contribution >= 4 is 50.7 Å². The molecule has 2 aromatic rings. The monoisotopic (exact) mass is 482 g/mol. The molecule has 8 nitrogen and oxygen atoms in total. The molecule has 0 aromatic heterocycles. The zero-order valence-electron chi connectivity index (χ0n) is 17.1. The molecule has 2 N–H and O–H groups in total. The number of hydrogen-bond acceptors (Lipinski definition) is 6. The molecule has 0 fully saturated rings. The fourth-order valence-electron chi connectivity index (χ4n) is 2.92. The Labute approximate surface area is 188 Å². The highest BCUT2D eigenvalue weighted by Crippen LogP contribution is 2.28. The van der Waals surface area contributed by atoms with E-state index in [1.165, 1.54) is 37.4 Å². The van der Waals surface area contributed by atoms with E-state index in [4.69, 9.17) is 0 Å². The van der Waals surface area contributed by atoms with Gasteiger partial charge in [-0.25, -0.2) is 13.4 Å². The number of rotatable bonds is 7. The fraction of sp³-hybridized carbons (Fsp3) is 0.250. The SMILES string of the molecule is Cc1ccc(NC(=O)C2=NN(C)C(=O)CC2)cc1S(=O)(=O)Nc1ccc(SC(F)F)cc1. The maximum Gasteiger partial charge on any atom is 0.288 e. The summed E-state index contributed by atoms with van der Waals surface area (Å²) in [6.07, 6.45) is 0.349. The highest BCUT2D eigenvalue weighted by Gasteiger charge is 2.23. The average molecular weight is 483 g/mol.